The molecule has 2 N–H and O–H groups in total. The van der Waals surface area contributed by atoms with Gasteiger partial charge in [0.2, 0.25) is 5.88 Å². The molecule has 2 rings (SSSR count). The Balaban J connectivity index is 2.66. The maximum Gasteiger partial charge on any atom is 0.213 e. The van der Waals surface area contributed by atoms with Crippen LogP contribution in [0.5, 0.6) is 5.88 Å². The highest BCUT2D eigenvalue weighted by Gasteiger charge is 1.98. The zero-order chi connectivity index (χ0) is 9.26. The Kier molecular flexibility index (Phi) is 1.73. The van der Waals surface area contributed by atoms with E-state index in [1.165, 1.54) is 0 Å². The van der Waals surface area contributed by atoms with E-state index in [0.717, 1.165) is 11.0 Å². The second kappa shape index (κ2) is 2.90. The van der Waals surface area contributed by atoms with Crippen LogP contribution < -0.4 is 10.5 Å². The lowest BCUT2D eigenvalue weighted by atomic mass is 10.3. The van der Waals surface area contributed by atoms with Crippen LogP contribution in [0, 0.1) is 0 Å². The zero-order valence-corrected chi connectivity index (χ0v) is 7.19. The first-order valence-electron chi connectivity index (χ1n) is 3.87. The summed E-state index contributed by atoms with van der Waals surface area (Å²) in [5.41, 5.74) is 7.09. The van der Waals surface area contributed by atoms with Crippen LogP contribution >= 0.6 is 0 Å². The minimum absolute atomic E-state index is 0.500. The number of ether oxygens (including phenoxy) is 1. The molecule has 13 heavy (non-hydrogen) atoms. The number of aromatic nitrogens is 2. The SMILES string of the molecule is COc1ccc2nc(N)ccc2n1. The number of pyridine rings is 2. The highest BCUT2D eigenvalue weighted by atomic mass is 16.5. The summed E-state index contributed by atoms with van der Waals surface area (Å²) >= 11 is 0. The minimum Gasteiger partial charge on any atom is -0.481 e. The second-order valence-corrected chi connectivity index (χ2v) is 2.63. The van der Waals surface area contributed by atoms with Crippen molar-refractivity contribution in [1.82, 2.24) is 9.97 Å². The maximum atomic E-state index is 5.52. The third-order valence-corrected chi connectivity index (χ3v) is 1.75. The molecule has 0 aliphatic carbocycles. The van der Waals surface area contributed by atoms with Gasteiger partial charge in [0.1, 0.15) is 5.82 Å². The van der Waals surface area contributed by atoms with Crippen molar-refractivity contribution in [3.63, 3.8) is 0 Å². The van der Waals surface area contributed by atoms with E-state index < -0.39 is 0 Å². The molecule has 0 amide bonds. The first kappa shape index (κ1) is 7.79. The number of nitrogens with two attached hydrogens (primary N) is 1. The molecule has 4 nitrogen and oxygen atoms in total. The summed E-state index contributed by atoms with van der Waals surface area (Å²) in [4.78, 5) is 8.31. The first-order valence-corrected chi connectivity index (χ1v) is 3.87. The number of methoxy groups -OCH3 is 1. The number of hydrogen-bond acceptors (Lipinski definition) is 4. The van der Waals surface area contributed by atoms with Crippen LogP contribution in [0.4, 0.5) is 5.82 Å². The molecule has 0 atom stereocenters. The normalized spacial score (nSPS) is 10.2. The maximum absolute atomic E-state index is 5.52. The Bertz CT molecular complexity index is 442. The lowest BCUT2D eigenvalue weighted by Gasteiger charge is -2.00. The van der Waals surface area contributed by atoms with E-state index in [2.05, 4.69) is 9.97 Å². The fourth-order valence-electron chi connectivity index (χ4n) is 1.12. The third kappa shape index (κ3) is 1.38. The predicted octanol–water partition coefficient (Wildman–Crippen LogP) is 1.22. The molecule has 4 heteroatoms. The highest BCUT2D eigenvalue weighted by molar-refractivity contribution is 5.76. The zero-order valence-electron chi connectivity index (χ0n) is 7.19. The summed E-state index contributed by atoms with van der Waals surface area (Å²) in [5.74, 6) is 1.08. The van der Waals surface area contributed by atoms with E-state index in [1.54, 1.807) is 19.2 Å². The third-order valence-electron chi connectivity index (χ3n) is 1.75. The summed E-state index contributed by atoms with van der Waals surface area (Å²) in [6.07, 6.45) is 0. The summed E-state index contributed by atoms with van der Waals surface area (Å²) in [5, 5.41) is 0. The summed E-state index contributed by atoms with van der Waals surface area (Å²) in [6, 6.07) is 7.13. The van der Waals surface area contributed by atoms with Crippen molar-refractivity contribution in [3.05, 3.63) is 24.3 Å². The second-order valence-electron chi connectivity index (χ2n) is 2.63. The molecular formula is C9H9N3O. The van der Waals surface area contributed by atoms with E-state index in [4.69, 9.17) is 10.5 Å². The van der Waals surface area contributed by atoms with Gasteiger partial charge < -0.3 is 10.5 Å². The van der Waals surface area contributed by atoms with E-state index >= 15 is 0 Å². The molecule has 66 valence electrons. The predicted molar refractivity (Wildman–Crippen MR) is 50.5 cm³/mol. The van der Waals surface area contributed by atoms with Crippen molar-refractivity contribution in [2.75, 3.05) is 12.8 Å². The highest BCUT2D eigenvalue weighted by Crippen LogP contribution is 2.15. The summed E-state index contributed by atoms with van der Waals surface area (Å²) in [6.45, 7) is 0. The van der Waals surface area contributed by atoms with Crippen molar-refractivity contribution in [2.45, 2.75) is 0 Å². The molecule has 2 aromatic heterocycles. The Morgan fingerprint density at radius 3 is 2.54 bits per heavy atom. The number of anilines is 1. The van der Waals surface area contributed by atoms with Crippen LogP contribution in [0.15, 0.2) is 24.3 Å². The number of rotatable bonds is 1. The van der Waals surface area contributed by atoms with E-state index in [0.29, 0.717) is 11.7 Å². The van der Waals surface area contributed by atoms with Gasteiger partial charge in [-0.15, -0.1) is 0 Å². The minimum atomic E-state index is 0.500. The molecular weight excluding hydrogens is 166 g/mol. The largest absolute Gasteiger partial charge is 0.481 e. The van der Waals surface area contributed by atoms with Crippen molar-refractivity contribution in [1.29, 1.82) is 0 Å². The Morgan fingerprint density at radius 1 is 1.08 bits per heavy atom. The summed E-state index contributed by atoms with van der Waals surface area (Å²) < 4.78 is 4.98. The molecule has 0 saturated heterocycles. The molecule has 0 radical (unpaired) electrons. The van der Waals surface area contributed by atoms with Crippen molar-refractivity contribution < 1.29 is 4.74 Å². The van der Waals surface area contributed by atoms with E-state index in [9.17, 15) is 0 Å². The Morgan fingerprint density at radius 2 is 1.77 bits per heavy atom. The molecule has 2 heterocycles. The molecule has 0 spiro atoms. The average molecular weight is 175 g/mol. The molecule has 0 aliphatic rings. The molecule has 2 aromatic rings. The molecule has 0 aliphatic heterocycles. The fourth-order valence-corrected chi connectivity index (χ4v) is 1.12. The van der Waals surface area contributed by atoms with Crippen LogP contribution in [-0.2, 0) is 0 Å². The van der Waals surface area contributed by atoms with Gasteiger partial charge in [-0.3, -0.25) is 0 Å². The first-order chi connectivity index (χ1) is 6.29. The van der Waals surface area contributed by atoms with Gasteiger partial charge in [-0.05, 0) is 18.2 Å². The number of fused-ring (bicyclic) bond motifs is 1. The number of hydrogen-bond donors (Lipinski definition) is 1. The number of nitrogens with zero attached hydrogens (tertiary/aromatic N) is 2. The number of nitrogen functional groups attached to an aromatic ring is 1. The van der Waals surface area contributed by atoms with Gasteiger partial charge in [0.15, 0.2) is 0 Å². The molecule has 0 bridgehead atoms. The quantitative estimate of drug-likeness (QED) is 0.707. The van der Waals surface area contributed by atoms with Crippen LogP contribution in [0.25, 0.3) is 11.0 Å². The summed E-state index contributed by atoms with van der Waals surface area (Å²) in [7, 11) is 1.58. The standard InChI is InChI=1S/C9H9N3O/c1-13-9-5-3-6-7(12-9)2-4-8(10)11-6/h2-5H,1H3,(H2,10,11). The van der Waals surface area contributed by atoms with E-state index in [1.807, 2.05) is 12.1 Å². The van der Waals surface area contributed by atoms with Crippen LogP contribution in [0.1, 0.15) is 0 Å². The van der Waals surface area contributed by atoms with Gasteiger partial charge >= 0.3 is 0 Å². The molecule has 0 aromatic carbocycles. The topological polar surface area (TPSA) is 61.0 Å². The smallest absolute Gasteiger partial charge is 0.213 e. The van der Waals surface area contributed by atoms with Crippen molar-refractivity contribution in [2.24, 2.45) is 0 Å². The van der Waals surface area contributed by atoms with Gasteiger partial charge in [0.25, 0.3) is 0 Å². The van der Waals surface area contributed by atoms with Gasteiger partial charge in [-0.2, -0.15) is 0 Å². The van der Waals surface area contributed by atoms with E-state index in [-0.39, 0.29) is 0 Å². The van der Waals surface area contributed by atoms with Crippen LogP contribution in [-0.4, -0.2) is 17.1 Å². The lowest BCUT2D eigenvalue weighted by molar-refractivity contribution is 0.399. The van der Waals surface area contributed by atoms with Gasteiger partial charge in [-0.1, -0.05) is 0 Å². The molecule has 0 saturated carbocycles. The van der Waals surface area contributed by atoms with Crippen molar-refractivity contribution >= 4 is 16.9 Å². The Labute approximate surface area is 75.4 Å². The van der Waals surface area contributed by atoms with Crippen LogP contribution in [0.3, 0.4) is 0 Å². The van der Waals surface area contributed by atoms with Crippen LogP contribution in [0.2, 0.25) is 0 Å². The molecule has 0 unspecified atom stereocenters. The average Bonchev–Trinajstić information content (AvgIpc) is 2.17. The van der Waals surface area contributed by atoms with Gasteiger partial charge in [0.05, 0.1) is 18.1 Å². The van der Waals surface area contributed by atoms with Crippen molar-refractivity contribution in [3.8, 4) is 5.88 Å². The van der Waals surface area contributed by atoms with Gasteiger partial charge in [0, 0.05) is 6.07 Å². The Hall–Kier alpha value is -1.84. The fraction of sp³-hybridized carbons (Fsp3) is 0.111. The molecule has 0 fully saturated rings. The monoisotopic (exact) mass is 175 g/mol. The lowest BCUT2D eigenvalue weighted by Crippen LogP contribution is -1.92. The van der Waals surface area contributed by atoms with Gasteiger partial charge in [-0.25, -0.2) is 9.97 Å².